The Bertz CT molecular complexity index is 220. The zero-order chi connectivity index (χ0) is 14.3. The van der Waals surface area contributed by atoms with Crippen LogP contribution in [0.15, 0.2) is 0 Å². The van der Waals surface area contributed by atoms with Crippen molar-refractivity contribution in [2.45, 2.75) is 73.1 Å². The molecule has 0 heterocycles. The van der Waals surface area contributed by atoms with Gasteiger partial charge >= 0.3 is 0 Å². The monoisotopic (exact) mass is 267 g/mol. The fourth-order valence-corrected chi connectivity index (χ4v) is 3.61. The summed E-state index contributed by atoms with van der Waals surface area (Å²) >= 11 is 0. The van der Waals surface area contributed by atoms with Gasteiger partial charge in [0.1, 0.15) is 0 Å². The molecule has 1 nitrogen and oxygen atoms in total. The summed E-state index contributed by atoms with van der Waals surface area (Å²) in [7, 11) is 0. The van der Waals surface area contributed by atoms with Gasteiger partial charge < -0.3 is 5.32 Å². The fourth-order valence-electron chi connectivity index (χ4n) is 3.61. The van der Waals surface area contributed by atoms with Crippen LogP contribution >= 0.6 is 0 Å². The standard InChI is InChI=1S/C18H37N/c1-6-7-8-17-11-16(15(4)5)9-10-18(17)13-19-12-14(2)3/h14-19H,6-13H2,1-5H3. The summed E-state index contributed by atoms with van der Waals surface area (Å²) in [5.74, 6) is 4.58. The number of hydrogen-bond donors (Lipinski definition) is 1. The summed E-state index contributed by atoms with van der Waals surface area (Å²) in [6, 6.07) is 0. The summed E-state index contributed by atoms with van der Waals surface area (Å²) in [6.45, 7) is 14.2. The third-order valence-corrected chi connectivity index (χ3v) is 5.01. The van der Waals surface area contributed by atoms with E-state index in [4.69, 9.17) is 0 Å². The van der Waals surface area contributed by atoms with E-state index >= 15 is 0 Å². The molecule has 114 valence electrons. The smallest absolute Gasteiger partial charge is 0.00178 e. The minimum absolute atomic E-state index is 0.779. The molecule has 0 aromatic rings. The van der Waals surface area contributed by atoms with E-state index in [1.165, 1.54) is 51.6 Å². The molecule has 0 amide bonds. The van der Waals surface area contributed by atoms with Crippen LogP contribution in [0.3, 0.4) is 0 Å². The first-order valence-corrected chi connectivity index (χ1v) is 8.75. The molecule has 0 bridgehead atoms. The molecule has 1 aliphatic rings. The van der Waals surface area contributed by atoms with Crippen molar-refractivity contribution < 1.29 is 0 Å². The van der Waals surface area contributed by atoms with Crippen LogP contribution in [0.4, 0.5) is 0 Å². The molecular weight excluding hydrogens is 230 g/mol. The Morgan fingerprint density at radius 2 is 1.79 bits per heavy atom. The highest BCUT2D eigenvalue weighted by atomic mass is 14.9. The van der Waals surface area contributed by atoms with Crippen molar-refractivity contribution in [3.05, 3.63) is 0 Å². The van der Waals surface area contributed by atoms with E-state index in [9.17, 15) is 0 Å². The van der Waals surface area contributed by atoms with E-state index in [1.54, 1.807) is 0 Å². The first-order chi connectivity index (χ1) is 9.04. The van der Waals surface area contributed by atoms with E-state index < -0.39 is 0 Å². The van der Waals surface area contributed by atoms with Gasteiger partial charge in [-0.25, -0.2) is 0 Å². The Morgan fingerprint density at radius 3 is 2.37 bits per heavy atom. The predicted molar refractivity (Wildman–Crippen MR) is 86.4 cm³/mol. The molecule has 1 saturated carbocycles. The van der Waals surface area contributed by atoms with Crippen LogP contribution < -0.4 is 5.32 Å². The third-order valence-electron chi connectivity index (χ3n) is 5.01. The van der Waals surface area contributed by atoms with Crippen LogP contribution in [0.5, 0.6) is 0 Å². The first-order valence-electron chi connectivity index (χ1n) is 8.75. The number of rotatable bonds is 8. The lowest BCUT2D eigenvalue weighted by Crippen LogP contribution is -2.35. The summed E-state index contributed by atoms with van der Waals surface area (Å²) in [4.78, 5) is 0. The van der Waals surface area contributed by atoms with Gasteiger partial charge in [0.15, 0.2) is 0 Å². The van der Waals surface area contributed by atoms with Crippen LogP contribution in [0.25, 0.3) is 0 Å². The van der Waals surface area contributed by atoms with Crippen molar-refractivity contribution in [1.29, 1.82) is 0 Å². The van der Waals surface area contributed by atoms with Gasteiger partial charge in [-0.1, -0.05) is 53.9 Å². The number of unbranched alkanes of at least 4 members (excludes halogenated alkanes) is 1. The van der Waals surface area contributed by atoms with Gasteiger partial charge in [0, 0.05) is 0 Å². The predicted octanol–water partition coefficient (Wildman–Crippen LogP) is 5.11. The van der Waals surface area contributed by atoms with E-state index in [0.717, 1.165) is 29.6 Å². The van der Waals surface area contributed by atoms with Crippen molar-refractivity contribution in [3.8, 4) is 0 Å². The highest BCUT2D eigenvalue weighted by Gasteiger charge is 2.30. The summed E-state index contributed by atoms with van der Waals surface area (Å²) in [5, 5.41) is 3.71. The lowest BCUT2D eigenvalue weighted by atomic mass is 9.69. The summed E-state index contributed by atoms with van der Waals surface area (Å²) in [6.07, 6.45) is 8.67. The molecule has 0 aliphatic heterocycles. The van der Waals surface area contributed by atoms with Crippen molar-refractivity contribution in [2.24, 2.45) is 29.6 Å². The molecule has 19 heavy (non-hydrogen) atoms. The Balaban J connectivity index is 2.43. The summed E-state index contributed by atoms with van der Waals surface area (Å²) in [5.41, 5.74) is 0. The van der Waals surface area contributed by atoms with E-state index in [2.05, 4.69) is 39.9 Å². The average molecular weight is 268 g/mol. The lowest BCUT2D eigenvalue weighted by molar-refractivity contribution is 0.135. The maximum atomic E-state index is 3.71. The van der Waals surface area contributed by atoms with Crippen LogP contribution in [-0.2, 0) is 0 Å². The van der Waals surface area contributed by atoms with Gasteiger partial charge in [-0.2, -0.15) is 0 Å². The molecule has 1 fully saturated rings. The van der Waals surface area contributed by atoms with Gasteiger partial charge in [-0.15, -0.1) is 0 Å². The Morgan fingerprint density at radius 1 is 1.05 bits per heavy atom. The fraction of sp³-hybridized carbons (Fsp3) is 1.00. The van der Waals surface area contributed by atoms with Crippen molar-refractivity contribution >= 4 is 0 Å². The van der Waals surface area contributed by atoms with Crippen LogP contribution in [0.2, 0.25) is 0 Å². The molecular formula is C18H37N. The third kappa shape index (κ3) is 6.29. The van der Waals surface area contributed by atoms with Crippen LogP contribution in [0, 0.1) is 29.6 Å². The van der Waals surface area contributed by atoms with Gasteiger partial charge in [-0.05, 0) is 61.9 Å². The van der Waals surface area contributed by atoms with E-state index in [0.29, 0.717) is 0 Å². The lowest BCUT2D eigenvalue weighted by Gasteiger charge is -2.38. The molecule has 3 atom stereocenters. The minimum Gasteiger partial charge on any atom is -0.316 e. The number of hydrogen-bond acceptors (Lipinski definition) is 1. The summed E-state index contributed by atoms with van der Waals surface area (Å²) < 4.78 is 0. The second-order valence-corrected chi connectivity index (χ2v) is 7.53. The highest BCUT2D eigenvalue weighted by Crippen LogP contribution is 2.39. The molecule has 1 N–H and O–H groups in total. The maximum Gasteiger partial charge on any atom is -0.00178 e. The van der Waals surface area contributed by atoms with E-state index in [1.807, 2.05) is 0 Å². The molecule has 1 rings (SSSR count). The quantitative estimate of drug-likeness (QED) is 0.644. The van der Waals surface area contributed by atoms with Gasteiger partial charge in [0.25, 0.3) is 0 Å². The van der Waals surface area contributed by atoms with Crippen molar-refractivity contribution in [1.82, 2.24) is 5.32 Å². The number of nitrogens with one attached hydrogen (secondary N) is 1. The second kappa shape index (κ2) is 9.00. The molecule has 0 aromatic carbocycles. The van der Waals surface area contributed by atoms with Gasteiger partial charge in [0.05, 0.1) is 0 Å². The van der Waals surface area contributed by atoms with Crippen molar-refractivity contribution in [2.75, 3.05) is 13.1 Å². The molecule has 3 unspecified atom stereocenters. The largest absolute Gasteiger partial charge is 0.316 e. The molecule has 0 spiro atoms. The Labute approximate surface area is 121 Å². The average Bonchev–Trinajstić information content (AvgIpc) is 2.36. The molecule has 0 aromatic heterocycles. The first kappa shape index (κ1) is 17.0. The topological polar surface area (TPSA) is 12.0 Å². The van der Waals surface area contributed by atoms with Gasteiger partial charge in [0.2, 0.25) is 0 Å². The molecule has 0 radical (unpaired) electrons. The minimum atomic E-state index is 0.779. The van der Waals surface area contributed by atoms with E-state index in [-0.39, 0.29) is 0 Å². The normalized spacial score (nSPS) is 28.3. The molecule has 1 heteroatoms. The zero-order valence-electron chi connectivity index (χ0n) is 14.0. The van der Waals surface area contributed by atoms with Gasteiger partial charge in [-0.3, -0.25) is 0 Å². The SMILES string of the molecule is CCCCC1CC(C(C)C)CCC1CNCC(C)C. The second-order valence-electron chi connectivity index (χ2n) is 7.53. The van der Waals surface area contributed by atoms with Crippen LogP contribution in [0.1, 0.15) is 73.1 Å². The maximum absolute atomic E-state index is 3.71. The Hall–Kier alpha value is -0.0400. The van der Waals surface area contributed by atoms with Crippen molar-refractivity contribution in [3.63, 3.8) is 0 Å². The highest BCUT2D eigenvalue weighted by molar-refractivity contribution is 4.82. The Kier molecular flexibility index (Phi) is 8.06. The molecule has 0 saturated heterocycles. The zero-order valence-corrected chi connectivity index (χ0v) is 14.0. The van der Waals surface area contributed by atoms with Crippen LogP contribution in [-0.4, -0.2) is 13.1 Å². The molecule has 1 aliphatic carbocycles.